The zero-order valence-corrected chi connectivity index (χ0v) is 20.6. The minimum Gasteiger partial charge on any atom is -0.462 e. The number of carbonyl (C=O) groups excluding carboxylic acids is 2. The molecule has 0 unspecified atom stereocenters. The Kier molecular flexibility index (Phi) is 6.83. The lowest BCUT2D eigenvalue weighted by Crippen LogP contribution is -2.28. The van der Waals surface area contributed by atoms with Crippen LogP contribution in [0.3, 0.4) is 0 Å². The first-order valence-corrected chi connectivity index (χ1v) is 13.1. The van der Waals surface area contributed by atoms with Crippen molar-refractivity contribution in [2.24, 2.45) is 4.99 Å². The van der Waals surface area contributed by atoms with Gasteiger partial charge in [-0.1, -0.05) is 17.4 Å². The van der Waals surface area contributed by atoms with Gasteiger partial charge in [0.05, 0.1) is 27.3 Å². The second-order valence-electron chi connectivity index (χ2n) is 7.88. The Morgan fingerprint density at radius 2 is 1.88 bits per heavy atom. The molecule has 1 saturated carbocycles. The lowest BCUT2D eigenvalue weighted by molar-refractivity contribution is 0.0526. The van der Waals surface area contributed by atoms with E-state index in [1.807, 2.05) is 4.57 Å². The Morgan fingerprint density at radius 1 is 1.21 bits per heavy atom. The van der Waals surface area contributed by atoms with Crippen molar-refractivity contribution in [3.05, 3.63) is 71.0 Å². The summed E-state index contributed by atoms with van der Waals surface area (Å²) in [5.41, 5.74) is 1.52. The monoisotopic (exact) mass is 499 g/mol. The molecule has 10 heteroatoms. The molecule has 0 bridgehead atoms. The largest absolute Gasteiger partial charge is 0.462 e. The molecule has 0 atom stereocenters. The Bertz CT molecular complexity index is 1430. The molecule has 3 aromatic rings. The van der Waals surface area contributed by atoms with E-state index in [4.69, 9.17) is 4.74 Å². The first-order valence-electron chi connectivity index (χ1n) is 10.8. The fourth-order valence-corrected chi connectivity index (χ4v) is 6.02. The van der Waals surface area contributed by atoms with Crippen LogP contribution in [-0.2, 0) is 21.3 Å². The van der Waals surface area contributed by atoms with E-state index in [2.05, 4.69) is 11.6 Å². The van der Waals surface area contributed by atoms with Gasteiger partial charge >= 0.3 is 5.97 Å². The van der Waals surface area contributed by atoms with Crippen LogP contribution in [0.2, 0.25) is 0 Å². The number of sulfonamides is 1. The first-order chi connectivity index (χ1) is 16.3. The van der Waals surface area contributed by atoms with Crippen molar-refractivity contribution in [3.63, 3.8) is 0 Å². The second kappa shape index (κ2) is 9.65. The van der Waals surface area contributed by atoms with E-state index in [1.165, 1.54) is 39.9 Å². The number of thiazole rings is 1. The highest BCUT2D eigenvalue weighted by Crippen LogP contribution is 2.30. The van der Waals surface area contributed by atoms with Crippen LogP contribution in [0.15, 0.2) is 65.0 Å². The third-order valence-electron chi connectivity index (χ3n) is 5.54. The average molecular weight is 500 g/mol. The minimum absolute atomic E-state index is 0.0546. The number of aromatic nitrogens is 1. The maximum absolute atomic E-state index is 12.9. The highest BCUT2D eigenvalue weighted by molar-refractivity contribution is 7.89. The van der Waals surface area contributed by atoms with Crippen molar-refractivity contribution < 1.29 is 22.7 Å². The maximum atomic E-state index is 12.9. The summed E-state index contributed by atoms with van der Waals surface area (Å²) in [6.07, 6.45) is 3.43. The van der Waals surface area contributed by atoms with Gasteiger partial charge in [-0.15, -0.1) is 6.58 Å². The molecule has 0 spiro atoms. The van der Waals surface area contributed by atoms with E-state index >= 15 is 0 Å². The molecule has 0 aliphatic heterocycles. The number of fused-ring (bicyclic) bond motifs is 1. The van der Waals surface area contributed by atoms with Crippen LogP contribution in [0.4, 0.5) is 0 Å². The number of hydrogen-bond donors (Lipinski definition) is 0. The summed E-state index contributed by atoms with van der Waals surface area (Å²) in [5, 5.41) is 0. The summed E-state index contributed by atoms with van der Waals surface area (Å²) in [5.74, 6) is -0.903. The molecule has 4 rings (SSSR count). The summed E-state index contributed by atoms with van der Waals surface area (Å²) in [4.78, 5) is 29.8. The Labute approximate surface area is 201 Å². The molecule has 2 aromatic carbocycles. The van der Waals surface area contributed by atoms with Gasteiger partial charge in [0.25, 0.3) is 5.91 Å². The summed E-state index contributed by atoms with van der Waals surface area (Å²) < 4.78 is 34.5. The lowest BCUT2D eigenvalue weighted by atomic mass is 10.2. The van der Waals surface area contributed by atoms with Crippen LogP contribution in [0, 0.1) is 0 Å². The Morgan fingerprint density at radius 3 is 2.50 bits per heavy atom. The third kappa shape index (κ3) is 4.75. The Balaban J connectivity index is 1.67. The van der Waals surface area contributed by atoms with Gasteiger partial charge in [0.15, 0.2) is 4.80 Å². The summed E-state index contributed by atoms with van der Waals surface area (Å²) in [6, 6.07) is 11.1. The molecular weight excluding hydrogens is 474 g/mol. The zero-order chi connectivity index (χ0) is 24.5. The predicted molar refractivity (Wildman–Crippen MR) is 130 cm³/mol. The number of rotatable bonds is 8. The number of hydrogen-bond acceptors (Lipinski definition) is 6. The highest BCUT2D eigenvalue weighted by atomic mass is 32.2. The van der Waals surface area contributed by atoms with Crippen LogP contribution < -0.4 is 4.80 Å². The van der Waals surface area contributed by atoms with Crippen LogP contribution in [0.1, 0.15) is 40.5 Å². The maximum Gasteiger partial charge on any atom is 0.338 e. The van der Waals surface area contributed by atoms with E-state index in [0.717, 1.165) is 23.1 Å². The predicted octanol–water partition coefficient (Wildman–Crippen LogP) is 3.59. The fourth-order valence-electron chi connectivity index (χ4n) is 3.53. The number of amides is 1. The smallest absolute Gasteiger partial charge is 0.338 e. The van der Waals surface area contributed by atoms with Crippen molar-refractivity contribution in [1.29, 1.82) is 0 Å². The summed E-state index contributed by atoms with van der Waals surface area (Å²) >= 11 is 1.28. The van der Waals surface area contributed by atoms with Gasteiger partial charge in [0, 0.05) is 25.2 Å². The summed E-state index contributed by atoms with van der Waals surface area (Å²) in [7, 11) is -2.01. The third-order valence-corrected chi connectivity index (χ3v) is 8.51. The van der Waals surface area contributed by atoms with Crippen molar-refractivity contribution in [2.75, 3.05) is 13.7 Å². The van der Waals surface area contributed by atoms with E-state index in [-0.39, 0.29) is 23.1 Å². The quantitative estimate of drug-likeness (QED) is 0.349. The molecule has 1 heterocycles. The molecule has 1 fully saturated rings. The van der Waals surface area contributed by atoms with Crippen molar-refractivity contribution in [2.45, 2.75) is 37.2 Å². The molecule has 1 amide bonds. The SMILES string of the molecule is C=CCn1c(=NC(=O)c2ccc(S(=O)(=O)N(C)C3CC3)cc2)sc2cc(C(=O)OCC)ccc21. The van der Waals surface area contributed by atoms with Gasteiger partial charge < -0.3 is 9.30 Å². The molecule has 34 heavy (non-hydrogen) atoms. The van der Waals surface area contributed by atoms with Crippen molar-refractivity contribution in [3.8, 4) is 0 Å². The fraction of sp³-hybridized carbons (Fsp3) is 0.292. The van der Waals surface area contributed by atoms with Crippen LogP contribution in [0.25, 0.3) is 10.2 Å². The number of benzene rings is 2. The lowest BCUT2D eigenvalue weighted by Gasteiger charge is -2.16. The number of esters is 1. The van der Waals surface area contributed by atoms with Crippen molar-refractivity contribution >= 4 is 43.5 Å². The topological polar surface area (TPSA) is 98.0 Å². The van der Waals surface area contributed by atoms with Gasteiger partial charge in [-0.25, -0.2) is 13.2 Å². The number of nitrogens with zero attached hydrogens (tertiary/aromatic N) is 3. The molecule has 1 aromatic heterocycles. The number of ether oxygens (including phenoxy) is 1. The number of allylic oxidation sites excluding steroid dienone is 1. The van der Waals surface area contributed by atoms with Crippen molar-refractivity contribution in [1.82, 2.24) is 8.87 Å². The van der Waals surface area contributed by atoms with Crippen LogP contribution in [-0.4, -0.2) is 48.9 Å². The highest BCUT2D eigenvalue weighted by Gasteiger charge is 2.35. The minimum atomic E-state index is -3.58. The van der Waals surface area contributed by atoms with Gasteiger partial charge in [-0.05, 0) is 62.2 Å². The van der Waals surface area contributed by atoms with E-state index in [9.17, 15) is 18.0 Å². The van der Waals surface area contributed by atoms with E-state index < -0.39 is 21.9 Å². The zero-order valence-electron chi connectivity index (χ0n) is 18.9. The van der Waals surface area contributed by atoms with Gasteiger partial charge in [0.1, 0.15) is 0 Å². The molecule has 0 saturated heterocycles. The van der Waals surface area contributed by atoms with Crippen LogP contribution >= 0.6 is 11.3 Å². The van der Waals surface area contributed by atoms with E-state index in [1.54, 1.807) is 38.2 Å². The van der Waals surface area contributed by atoms with E-state index in [0.29, 0.717) is 16.9 Å². The second-order valence-corrected chi connectivity index (χ2v) is 10.9. The van der Waals surface area contributed by atoms with Crippen LogP contribution in [0.5, 0.6) is 0 Å². The molecule has 1 aliphatic carbocycles. The van der Waals surface area contributed by atoms with Gasteiger partial charge in [-0.2, -0.15) is 9.30 Å². The molecule has 0 radical (unpaired) electrons. The first kappa shape index (κ1) is 24.1. The molecule has 178 valence electrons. The summed E-state index contributed by atoms with van der Waals surface area (Å²) in [6.45, 7) is 6.23. The number of carbonyl (C=O) groups is 2. The average Bonchev–Trinajstić information content (AvgIpc) is 3.62. The normalized spacial score (nSPS) is 14.5. The molecule has 0 N–H and O–H groups in total. The van der Waals surface area contributed by atoms with Gasteiger partial charge in [0.2, 0.25) is 10.0 Å². The Hall–Kier alpha value is -3.08. The molecular formula is C24H25N3O5S2. The molecule has 1 aliphatic rings. The standard InChI is InChI=1S/C24H25N3O5S2/c1-4-14-27-20-13-8-17(23(29)32-5-2)15-21(20)33-24(27)25-22(28)16-6-11-19(12-7-16)34(30,31)26(3)18-9-10-18/h4,6-8,11-13,15,18H,1,5,9-10,14H2,2-3H3. The van der Waals surface area contributed by atoms with Gasteiger partial charge in [-0.3, -0.25) is 4.79 Å². The molecule has 8 nitrogen and oxygen atoms in total.